The molecule has 1 amide bonds. The molecule has 3 aromatic heterocycles. The molecule has 6 heteroatoms. The minimum absolute atomic E-state index is 0.00479. The van der Waals surface area contributed by atoms with Crippen LogP contribution < -0.4 is 5.32 Å². The zero-order chi connectivity index (χ0) is 20.2. The number of aryl methyl sites for hydroxylation is 5. The molecule has 0 aliphatic carbocycles. The molecule has 0 radical (unpaired) electrons. The Morgan fingerprint density at radius 1 is 1.10 bits per heavy atom. The second kappa shape index (κ2) is 8.66. The van der Waals surface area contributed by atoms with Crippen molar-refractivity contribution >= 4 is 27.5 Å². The lowest BCUT2D eigenvalue weighted by Gasteiger charge is -2.11. The summed E-state index contributed by atoms with van der Waals surface area (Å²) in [6, 6.07) is 16.6. The normalized spacial score (nSPS) is 11.2. The largest absolute Gasteiger partial charge is 0.351 e. The van der Waals surface area contributed by atoms with Gasteiger partial charge in [-0.1, -0.05) is 30.3 Å². The van der Waals surface area contributed by atoms with Crippen molar-refractivity contribution in [3.05, 3.63) is 76.6 Å². The molecule has 0 aliphatic heterocycles. The third kappa shape index (κ3) is 4.43. The van der Waals surface area contributed by atoms with Gasteiger partial charge in [-0.05, 0) is 55.8 Å². The lowest BCUT2D eigenvalue weighted by molar-refractivity contribution is 0.0943. The average Bonchev–Trinajstić information content (AvgIpc) is 3.39. The summed E-state index contributed by atoms with van der Waals surface area (Å²) < 4.78 is 5.31. The van der Waals surface area contributed by atoms with E-state index in [4.69, 9.17) is 0 Å². The van der Waals surface area contributed by atoms with Gasteiger partial charge in [0.15, 0.2) is 0 Å². The monoisotopic (exact) mass is 406 g/mol. The fraction of sp³-hybridized carbons (Fsp3) is 0.304. The molecule has 0 saturated carbocycles. The number of rotatable bonds is 8. The number of carbonyl (C=O) groups excluding carboxylic acids is 1. The van der Waals surface area contributed by atoms with Crippen LogP contribution in [0.1, 0.15) is 33.9 Å². The van der Waals surface area contributed by atoms with E-state index in [1.165, 1.54) is 5.56 Å². The van der Waals surface area contributed by atoms with Crippen LogP contribution >= 0.6 is 11.3 Å². The Bertz CT molecular complexity index is 1110. The molecule has 0 saturated heterocycles. The predicted octanol–water partition coefficient (Wildman–Crippen LogP) is 4.58. The van der Waals surface area contributed by atoms with Crippen molar-refractivity contribution in [3.8, 4) is 0 Å². The number of amides is 1. The molecular weight excluding hydrogens is 380 g/mol. The molecule has 3 heterocycles. The first-order valence-corrected chi connectivity index (χ1v) is 10.9. The van der Waals surface area contributed by atoms with Gasteiger partial charge in [0, 0.05) is 25.3 Å². The third-order valence-electron chi connectivity index (χ3n) is 5.16. The number of nitrogens with one attached hydrogen (secondary N) is 1. The number of carbonyl (C=O) groups is 1. The summed E-state index contributed by atoms with van der Waals surface area (Å²) >= 11 is 1.68. The number of hydrogen-bond acceptors (Lipinski definition) is 3. The van der Waals surface area contributed by atoms with Gasteiger partial charge in [-0.25, -0.2) is 0 Å². The van der Waals surface area contributed by atoms with Crippen LogP contribution in [0, 0.1) is 13.8 Å². The quantitative estimate of drug-likeness (QED) is 0.436. The maximum Gasteiger partial charge on any atom is 0.267 e. The van der Waals surface area contributed by atoms with E-state index in [0.717, 1.165) is 53.2 Å². The topological polar surface area (TPSA) is 51.9 Å². The SMILES string of the molecule is Cc1cc(C)n(CCCNC(=O)c2cc3sccc3n2CCc2ccccc2)n1. The molecule has 4 rings (SSSR count). The lowest BCUT2D eigenvalue weighted by atomic mass is 10.1. The van der Waals surface area contributed by atoms with E-state index in [1.54, 1.807) is 11.3 Å². The summed E-state index contributed by atoms with van der Waals surface area (Å²) in [4.78, 5) is 12.9. The lowest BCUT2D eigenvalue weighted by Crippen LogP contribution is -2.28. The van der Waals surface area contributed by atoms with E-state index in [2.05, 4.69) is 63.7 Å². The fourth-order valence-corrected chi connectivity index (χ4v) is 4.54. The molecule has 5 nitrogen and oxygen atoms in total. The third-order valence-corrected chi connectivity index (χ3v) is 6.01. The second-order valence-corrected chi connectivity index (χ2v) is 8.29. The van der Waals surface area contributed by atoms with Gasteiger partial charge >= 0.3 is 0 Å². The summed E-state index contributed by atoms with van der Waals surface area (Å²) in [5.74, 6) is -0.00479. The molecule has 150 valence electrons. The minimum Gasteiger partial charge on any atom is -0.351 e. The van der Waals surface area contributed by atoms with Crippen molar-refractivity contribution in [2.75, 3.05) is 6.54 Å². The van der Waals surface area contributed by atoms with E-state index >= 15 is 0 Å². The summed E-state index contributed by atoms with van der Waals surface area (Å²) in [6.45, 7) is 6.29. The highest BCUT2D eigenvalue weighted by Crippen LogP contribution is 2.25. The molecular formula is C23H26N4OS. The van der Waals surface area contributed by atoms with E-state index in [9.17, 15) is 4.79 Å². The predicted molar refractivity (Wildman–Crippen MR) is 119 cm³/mol. The molecule has 0 spiro atoms. The highest BCUT2D eigenvalue weighted by Gasteiger charge is 2.16. The Morgan fingerprint density at radius 3 is 2.69 bits per heavy atom. The van der Waals surface area contributed by atoms with Crippen LogP contribution in [0.4, 0.5) is 0 Å². The Hall–Kier alpha value is -2.86. The Morgan fingerprint density at radius 2 is 1.93 bits per heavy atom. The zero-order valence-electron chi connectivity index (χ0n) is 16.9. The molecule has 1 N–H and O–H groups in total. The summed E-state index contributed by atoms with van der Waals surface area (Å²) in [5.41, 5.74) is 5.35. The molecule has 29 heavy (non-hydrogen) atoms. The van der Waals surface area contributed by atoms with Crippen LogP contribution in [0.5, 0.6) is 0 Å². The number of fused-ring (bicyclic) bond motifs is 1. The van der Waals surface area contributed by atoms with Crippen LogP contribution in [0.15, 0.2) is 53.9 Å². The van der Waals surface area contributed by atoms with E-state index < -0.39 is 0 Å². The minimum atomic E-state index is -0.00479. The van der Waals surface area contributed by atoms with Crippen molar-refractivity contribution in [1.29, 1.82) is 0 Å². The summed E-state index contributed by atoms with van der Waals surface area (Å²) in [7, 11) is 0. The number of hydrogen-bond donors (Lipinski definition) is 1. The number of thiophene rings is 1. The van der Waals surface area contributed by atoms with Crippen LogP contribution in [-0.2, 0) is 19.5 Å². The van der Waals surface area contributed by atoms with E-state index in [-0.39, 0.29) is 5.91 Å². The molecule has 0 unspecified atom stereocenters. The van der Waals surface area contributed by atoms with Crippen LogP contribution in [0.25, 0.3) is 10.2 Å². The van der Waals surface area contributed by atoms with Crippen molar-refractivity contribution in [3.63, 3.8) is 0 Å². The number of benzene rings is 1. The smallest absolute Gasteiger partial charge is 0.267 e. The number of aromatic nitrogens is 3. The summed E-state index contributed by atoms with van der Waals surface area (Å²) in [5, 5.41) is 9.65. The Labute approximate surface area is 175 Å². The van der Waals surface area contributed by atoms with Gasteiger partial charge in [-0.2, -0.15) is 5.10 Å². The summed E-state index contributed by atoms with van der Waals surface area (Å²) in [6.07, 6.45) is 1.76. The molecule has 4 aromatic rings. The Balaban J connectivity index is 1.40. The first-order valence-electron chi connectivity index (χ1n) is 10.0. The van der Waals surface area contributed by atoms with Gasteiger partial charge in [-0.3, -0.25) is 9.48 Å². The molecule has 0 bridgehead atoms. The highest BCUT2D eigenvalue weighted by molar-refractivity contribution is 7.17. The van der Waals surface area contributed by atoms with Crippen molar-refractivity contribution in [2.45, 2.75) is 39.8 Å². The van der Waals surface area contributed by atoms with Gasteiger partial charge in [0.1, 0.15) is 5.69 Å². The van der Waals surface area contributed by atoms with Crippen molar-refractivity contribution in [1.82, 2.24) is 19.7 Å². The van der Waals surface area contributed by atoms with Gasteiger partial charge in [-0.15, -0.1) is 11.3 Å². The molecule has 0 aliphatic rings. The maximum absolute atomic E-state index is 12.9. The fourth-order valence-electron chi connectivity index (χ4n) is 3.71. The molecule has 1 aromatic carbocycles. The van der Waals surface area contributed by atoms with Gasteiger partial charge < -0.3 is 9.88 Å². The van der Waals surface area contributed by atoms with Crippen LogP contribution in [0.2, 0.25) is 0 Å². The standard InChI is InChI=1S/C23H26N4OS/c1-17-15-18(2)27(25-17)12-6-11-24-23(28)21-16-22-20(10-14-29-22)26(21)13-9-19-7-4-3-5-8-19/h3-5,7-8,10,14-16H,6,9,11-13H2,1-2H3,(H,24,28). The first kappa shape index (κ1) is 19.5. The highest BCUT2D eigenvalue weighted by atomic mass is 32.1. The molecule has 0 fully saturated rings. The van der Waals surface area contributed by atoms with E-state index in [1.807, 2.05) is 23.7 Å². The average molecular weight is 407 g/mol. The molecule has 0 atom stereocenters. The van der Waals surface area contributed by atoms with E-state index in [0.29, 0.717) is 6.54 Å². The van der Waals surface area contributed by atoms with Crippen LogP contribution in [0.3, 0.4) is 0 Å². The van der Waals surface area contributed by atoms with Crippen LogP contribution in [-0.4, -0.2) is 26.8 Å². The second-order valence-electron chi connectivity index (χ2n) is 7.35. The van der Waals surface area contributed by atoms with Gasteiger partial charge in [0.25, 0.3) is 5.91 Å². The first-order chi connectivity index (χ1) is 14.1. The maximum atomic E-state index is 12.9. The van der Waals surface area contributed by atoms with Gasteiger partial charge in [0.05, 0.1) is 15.9 Å². The van der Waals surface area contributed by atoms with Crippen molar-refractivity contribution < 1.29 is 4.79 Å². The van der Waals surface area contributed by atoms with Crippen molar-refractivity contribution in [2.24, 2.45) is 0 Å². The Kier molecular flexibility index (Phi) is 5.81. The number of nitrogens with zero attached hydrogens (tertiary/aromatic N) is 3. The van der Waals surface area contributed by atoms with Gasteiger partial charge in [0.2, 0.25) is 0 Å². The zero-order valence-corrected chi connectivity index (χ0v) is 17.7.